The Morgan fingerprint density at radius 3 is 2.77 bits per heavy atom. The number of carbonyl (C=O) groups excluding carboxylic acids is 1. The Bertz CT molecular complexity index is 883. The summed E-state index contributed by atoms with van der Waals surface area (Å²) in [4.78, 5) is 14.3. The van der Waals surface area contributed by atoms with Gasteiger partial charge < -0.3 is 10.6 Å². The number of aromatic nitrogens is 2. The van der Waals surface area contributed by atoms with E-state index in [9.17, 15) is 18.0 Å². The molecule has 4 rings (SSSR count). The van der Waals surface area contributed by atoms with Gasteiger partial charge in [0.2, 0.25) is 5.91 Å². The summed E-state index contributed by atoms with van der Waals surface area (Å²) in [6, 6.07) is 9.19. The van der Waals surface area contributed by atoms with E-state index >= 15 is 0 Å². The Balaban J connectivity index is 1.41. The summed E-state index contributed by atoms with van der Waals surface area (Å²) in [6.45, 7) is 3.45. The molecule has 2 aromatic rings. The van der Waals surface area contributed by atoms with Gasteiger partial charge in [-0.05, 0) is 37.9 Å². The van der Waals surface area contributed by atoms with E-state index in [1.165, 1.54) is 0 Å². The highest BCUT2D eigenvalue weighted by atomic mass is 19.4. The van der Waals surface area contributed by atoms with Crippen LogP contribution in [0.4, 0.5) is 24.7 Å². The quantitative estimate of drug-likeness (QED) is 0.766. The molecule has 162 valence electrons. The van der Waals surface area contributed by atoms with Crippen molar-refractivity contribution in [2.75, 3.05) is 30.3 Å². The van der Waals surface area contributed by atoms with Crippen molar-refractivity contribution in [3.63, 3.8) is 0 Å². The van der Waals surface area contributed by atoms with Gasteiger partial charge in [-0.2, -0.15) is 18.3 Å². The number of alkyl halides is 3. The maximum absolute atomic E-state index is 13.6. The van der Waals surface area contributed by atoms with Crippen LogP contribution in [-0.4, -0.2) is 52.4 Å². The molecule has 3 heterocycles. The number of carbonyl (C=O) groups is 1. The molecule has 2 aliphatic heterocycles. The fourth-order valence-electron chi connectivity index (χ4n) is 4.28. The van der Waals surface area contributed by atoms with E-state index in [1.54, 1.807) is 6.07 Å². The smallest absolute Gasteiger partial charge is 0.367 e. The lowest BCUT2D eigenvalue weighted by Crippen LogP contribution is -2.38. The van der Waals surface area contributed by atoms with Crippen molar-refractivity contribution in [2.24, 2.45) is 0 Å². The van der Waals surface area contributed by atoms with Crippen LogP contribution < -0.4 is 10.6 Å². The zero-order valence-electron chi connectivity index (χ0n) is 16.8. The molecule has 0 aliphatic carbocycles. The van der Waals surface area contributed by atoms with Crippen LogP contribution >= 0.6 is 0 Å². The van der Waals surface area contributed by atoms with Crippen molar-refractivity contribution in [1.29, 1.82) is 0 Å². The van der Waals surface area contributed by atoms with Crippen LogP contribution in [0.2, 0.25) is 0 Å². The molecule has 6 nitrogen and oxygen atoms in total. The van der Waals surface area contributed by atoms with E-state index in [0.29, 0.717) is 31.0 Å². The number of amides is 1. The topological polar surface area (TPSA) is 62.2 Å². The lowest BCUT2D eigenvalue weighted by atomic mass is 10.0. The highest BCUT2D eigenvalue weighted by molar-refractivity contribution is 5.92. The van der Waals surface area contributed by atoms with Crippen molar-refractivity contribution >= 4 is 17.4 Å². The molecule has 30 heavy (non-hydrogen) atoms. The summed E-state index contributed by atoms with van der Waals surface area (Å²) in [6.07, 6.45) is -2.95. The highest BCUT2D eigenvalue weighted by Gasteiger charge is 2.46. The zero-order valence-corrected chi connectivity index (χ0v) is 16.8. The third-order valence-corrected chi connectivity index (χ3v) is 5.90. The number of nitrogens with zero attached hydrogens (tertiary/aromatic N) is 3. The number of hydrogen-bond donors (Lipinski definition) is 2. The molecule has 0 spiro atoms. The monoisotopic (exact) mass is 421 g/mol. The summed E-state index contributed by atoms with van der Waals surface area (Å²) in [7, 11) is 0. The van der Waals surface area contributed by atoms with Crippen molar-refractivity contribution in [2.45, 2.75) is 50.4 Å². The summed E-state index contributed by atoms with van der Waals surface area (Å²) in [5, 5.41) is 10.4. The molecule has 0 radical (unpaired) electrons. The van der Waals surface area contributed by atoms with E-state index in [0.717, 1.165) is 16.8 Å². The summed E-state index contributed by atoms with van der Waals surface area (Å²) >= 11 is 0. The van der Waals surface area contributed by atoms with E-state index in [1.807, 2.05) is 42.2 Å². The van der Waals surface area contributed by atoms with Crippen LogP contribution in [0.1, 0.15) is 43.8 Å². The maximum Gasteiger partial charge on any atom is 0.410 e. The summed E-state index contributed by atoms with van der Waals surface area (Å²) in [5.74, 6) is 0.352. The summed E-state index contributed by atoms with van der Waals surface area (Å²) < 4.78 is 41.8. The van der Waals surface area contributed by atoms with Gasteiger partial charge in [-0.15, -0.1) is 0 Å². The first-order valence-electron chi connectivity index (χ1n) is 10.3. The Hall–Kier alpha value is -2.55. The number of hydrogen-bond acceptors (Lipinski definition) is 4. The van der Waals surface area contributed by atoms with Crippen LogP contribution in [0.15, 0.2) is 36.4 Å². The molecular weight excluding hydrogens is 395 g/mol. The third kappa shape index (κ3) is 4.45. The molecular formula is C21H26F3N5O. The van der Waals surface area contributed by atoms with Crippen LogP contribution in [0.5, 0.6) is 0 Å². The largest absolute Gasteiger partial charge is 0.410 e. The predicted octanol–water partition coefficient (Wildman–Crippen LogP) is 4.01. The van der Waals surface area contributed by atoms with Gasteiger partial charge in [-0.3, -0.25) is 9.69 Å². The van der Waals surface area contributed by atoms with Gasteiger partial charge in [0.15, 0.2) is 6.04 Å². The molecule has 0 unspecified atom stereocenters. The number of para-hydroxylation sites is 1. The van der Waals surface area contributed by atoms with Crippen molar-refractivity contribution in [3.8, 4) is 0 Å². The Labute approximate surface area is 173 Å². The Morgan fingerprint density at radius 2 is 2.07 bits per heavy atom. The normalized spacial score (nSPS) is 24.3. The lowest BCUT2D eigenvalue weighted by Gasteiger charge is -2.32. The van der Waals surface area contributed by atoms with E-state index in [4.69, 9.17) is 0 Å². The Morgan fingerprint density at radius 1 is 1.30 bits per heavy atom. The molecule has 3 atom stereocenters. The second kappa shape index (κ2) is 8.29. The average molecular weight is 421 g/mol. The first-order chi connectivity index (χ1) is 14.3. The Kier molecular flexibility index (Phi) is 5.73. The molecule has 1 aromatic carbocycles. The van der Waals surface area contributed by atoms with Crippen LogP contribution in [0, 0.1) is 0 Å². The summed E-state index contributed by atoms with van der Waals surface area (Å²) in [5.41, 5.74) is 1.41. The minimum Gasteiger partial charge on any atom is -0.367 e. The fraction of sp³-hybridized carbons (Fsp3) is 0.524. The van der Waals surface area contributed by atoms with Crippen LogP contribution in [0.3, 0.4) is 0 Å². The molecule has 2 aliphatic rings. The molecule has 1 aromatic heterocycles. The first kappa shape index (κ1) is 20.7. The van der Waals surface area contributed by atoms with E-state index in [-0.39, 0.29) is 30.8 Å². The minimum atomic E-state index is -4.33. The zero-order chi connectivity index (χ0) is 21.3. The molecule has 0 saturated carbocycles. The van der Waals surface area contributed by atoms with Crippen LogP contribution in [-0.2, 0) is 4.79 Å². The first-order valence-corrected chi connectivity index (χ1v) is 10.3. The van der Waals surface area contributed by atoms with Crippen molar-refractivity contribution < 1.29 is 18.0 Å². The van der Waals surface area contributed by atoms with E-state index < -0.39 is 12.2 Å². The minimum absolute atomic E-state index is 0.00936. The average Bonchev–Trinajstić information content (AvgIpc) is 3.33. The molecule has 1 amide bonds. The van der Waals surface area contributed by atoms with Gasteiger partial charge in [-0.1, -0.05) is 25.1 Å². The number of anilines is 2. The molecule has 9 heteroatoms. The van der Waals surface area contributed by atoms with Crippen LogP contribution in [0.25, 0.3) is 0 Å². The second-order valence-electron chi connectivity index (χ2n) is 8.08. The predicted molar refractivity (Wildman–Crippen MR) is 109 cm³/mol. The number of nitrogens with one attached hydrogen (secondary N) is 2. The molecule has 1 fully saturated rings. The molecule has 1 saturated heterocycles. The number of benzene rings is 1. The standard InChI is InChI=1S/C21H26F3N5O/c1-2-15-10-18(21(22,23)24)29-19(25-15)11-17(27-29)14-8-9-28(12-14)13-20(30)26-16-6-4-3-5-7-16/h3-7,11,14-15,18,25H,2,8-10,12-13H2,1H3,(H,26,30)/t14-,15+,18-/m0/s1. The number of halogens is 3. The van der Waals surface area contributed by atoms with Gasteiger partial charge in [0, 0.05) is 30.3 Å². The molecule has 2 N–H and O–H groups in total. The fourth-order valence-corrected chi connectivity index (χ4v) is 4.28. The highest BCUT2D eigenvalue weighted by Crippen LogP contribution is 2.41. The SMILES string of the molecule is CC[C@@H]1C[C@@H](C(F)(F)F)n2nc([C@H]3CCN(CC(=O)Nc4ccccc4)C3)cc2N1. The van der Waals surface area contributed by atoms with Gasteiger partial charge in [0.25, 0.3) is 0 Å². The number of likely N-dealkylation sites (tertiary alicyclic amines) is 1. The van der Waals surface area contributed by atoms with Crippen molar-refractivity contribution in [3.05, 3.63) is 42.1 Å². The lowest BCUT2D eigenvalue weighted by molar-refractivity contribution is -0.173. The van der Waals surface area contributed by atoms with Gasteiger partial charge in [0.1, 0.15) is 5.82 Å². The number of fused-ring (bicyclic) bond motifs is 1. The maximum atomic E-state index is 13.6. The van der Waals surface area contributed by atoms with Gasteiger partial charge in [-0.25, -0.2) is 4.68 Å². The molecule has 0 bridgehead atoms. The second-order valence-corrected chi connectivity index (χ2v) is 8.08. The van der Waals surface area contributed by atoms with Gasteiger partial charge >= 0.3 is 6.18 Å². The van der Waals surface area contributed by atoms with Gasteiger partial charge in [0.05, 0.1) is 12.2 Å². The number of rotatable bonds is 5. The third-order valence-electron chi connectivity index (χ3n) is 5.90. The van der Waals surface area contributed by atoms with E-state index in [2.05, 4.69) is 15.7 Å². The van der Waals surface area contributed by atoms with Crippen molar-refractivity contribution in [1.82, 2.24) is 14.7 Å².